The minimum Gasteiger partial charge on any atom is -0.444 e. The van der Waals surface area contributed by atoms with E-state index in [9.17, 15) is 9.90 Å². The normalized spacial score (nSPS) is 26.2. The van der Waals surface area contributed by atoms with Crippen molar-refractivity contribution in [3.05, 3.63) is 78.3 Å². The smallest absolute Gasteiger partial charge is 0.254 e. The highest BCUT2D eigenvalue weighted by molar-refractivity contribution is 5.95. The van der Waals surface area contributed by atoms with Gasteiger partial charge in [-0.05, 0) is 37.0 Å². The summed E-state index contributed by atoms with van der Waals surface area (Å²) in [5.41, 5.74) is 1.69. The summed E-state index contributed by atoms with van der Waals surface area (Å²) in [5, 5.41) is 11.7. The molecule has 154 valence electrons. The van der Waals surface area contributed by atoms with Crippen molar-refractivity contribution in [1.29, 1.82) is 0 Å². The zero-order chi connectivity index (χ0) is 20.6. The first-order valence-electron chi connectivity index (χ1n) is 10.7. The summed E-state index contributed by atoms with van der Waals surface area (Å²) >= 11 is 0. The number of oxazole rings is 1. The summed E-state index contributed by atoms with van der Waals surface area (Å²) in [5.74, 6) is 0.804. The van der Waals surface area contributed by atoms with E-state index in [0.717, 1.165) is 36.8 Å². The van der Waals surface area contributed by atoms with Crippen LogP contribution in [0.4, 0.5) is 0 Å². The Balaban J connectivity index is 1.41. The maximum atomic E-state index is 13.4. The predicted octanol–water partition coefficient (Wildman–Crippen LogP) is 4.63. The quantitative estimate of drug-likeness (QED) is 0.693. The number of carbonyl (C=O) groups excluding carboxylic acids is 1. The second kappa shape index (κ2) is 7.73. The van der Waals surface area contributed by atoms with Gasteiger partial charge in [0.05, 0.1) is 11.8 Å². The average molecular weight is 402 g/mol. The molecule has 2 heterocycles. The van der Waals surface area contributed by atoms with E-state index in [1.807, 2.05) is 59.5 Å². The van der Waals surface area contributed by atoms with Crippen LogP contribution in [0.25, 0.3) is 11.3 Å². The molecule has 3 aromatic rings. The molecule has 2 aliphatic rings. The first-order valence-corrected chi connectivity index (χ1v) is 10.7. The molecule has 1 saturated carbocycles. The van der Waals surface area contributed by atoms with Crippen LogP contribution in [0.15, 0.2) is 71.6 Å². The van der Waals surface area contributed by atoms with Crippen molar-refractivity contribution in [2.45, 2.75) is 43.7 Å². The van der Waals surface area contributed by atoms with E-state index in [-0.39, 0.29) is 17.9 Å². The Kier molecular flexibility index (Phi) is 4.91. The number of amides is 1. The summed E-state index contributed by atoms with van der Waals surface area (Å²) in [6.07, 6.45) is 7.73. The molecule has 2 aromatic carbocycles. The van der Waals surface area contributed by atoms with Crippen molar-refractivity contribution in [1.82, 2.24) is 9.88 Å². The van der Waals surface area contributed by atoms with Crippen LogP contribution in [-0.4, -0.2) is 33.5 Å². The second-order valence-corrected chi connectivity index (χ2v) is 8.44. The molecule has 1 amide bonds. The summed E-state index contributed by atoms with van der Waals surface area (Å²) in [6.45, 7) is 0.565. The number of fused-ring (bicyclic) bond motifs is 1. The molecular formula is C25H26N2O3. The van der Waals surface area contributed by atoms with Gasteiger partial charge in [0.15, 0.2) is 12.2 Å². The lowest BCUT2D eigenvalue weighted by Crippen LogP contribution is -2.58. The molecule has 1 saturated heterocycles. The van der Waals surface area contributed by atoms with Gasteiger partial charge in [0.2, 0.25) is 0 Å². The minimum atomic E-state index is -0.862. The molecule has 0 bridgehead atoms. The van der Waals surface area contributed by atoms with Crippen LogP contribution in [-0.2, 0) is 5.60 Å². The van der Waals surface area contributed by atoms with Crippen molar-refractivity contribution >= 4 is 5.91 Å². The van der Waals surface area contributed by atoms with Crippen molar-refractivity contribution in [3.63, 3.8) is 0 Å². The first-order chi connectivity index (χ1) is 14.7. The summed E-state index contributed by atoms with van der Waals surface area (Å²) in [7, 11) is 0. The van der Waals surface area contributed by atoms with E-state index in [4.69, 9.17) is 4.42 Å². The van der Waals surface area contributed by atoms with E-state index >= 15 is 0 Å². The number of aliphatic hydroxyl groups is 1. The number of hydrogen-bond acceptors (Lipinski definition) is 4. The van der Waals surface area contributed by atoms with Gasteiger partial charge in [0, 0.05) is 29.6 Å². The topological polar surface area (TPSA) is 66.6 Å². The van der Waals surface area contributed by atoms with Crippen LogP contribution in [0, 0.1) is 5.92 Å². The van der Waals surface area contributed by atoms with E-state index in [1.165, 1.54) is 6.39 Å². The van der Waals surface area contributed by atoms with Gasteiger partial charge in [-0.2, -0.15) is 0 Å². The molecule has 0 spiro atoms. The number of aromatic nitrogens is 1. The standard InChI is InChI=1S/C25H26N2O3/c28-24(19-12-10-18(11-13-19)23-16-26-17-30-23)27-15-14-25(29,20-6-2-1-3-7-20)21-8-4-5-9-22(21)27/h1-3,6-7,10-13,16-17,21-22,29H,4-5,8-9,14-15H2/t21-,22+,25+/m0/s1. The fourth-order valence-corrected chi connectivity index (χ4v) is 5.32. The highest BCUT2D eigenvalue weighted by Gasteiger charge is 2.50. The Morgan fingerprint density at radius 2 is 1.83 bits per heavy atom. The van der Waals surface area contributed by atoms with E-state index in [2.05, 4.69) is 4.98 Å². The zero-order valence-electron chi connectivity index (χ0n) is 16.9. The molecule has 2 fully saturated rings. The van der Waals surface area contributed by atoms with Gasteiger partial charge >= 0.3 is 0 Å². The summed E-state index contributed by atoms with van der Waals surface area (Å²) in [6, 6.07) is 17.6. The Morgan fingerprint density at radius 1 is 1.07 bits per heavy atom. The summed E-state index contributed by atoms with van der Waals surface area (Å²) < 4.78 is 5.34. The molecule has 3 atom stereocenters. The number of likely N-dealkylation sites (tertiary alicyclic amines) is 1. The molecule has 1 aliphatic heterocycles. The average Bonchev–Trinajstić information content (AvgIpc) is 3.35. The molecule has 5 nitrogen and oxygen atoms in total. The van der Waals surface area contributed by atoms with Gasteiger partial charge in [-0.15, -0.1) is 0 Å². The van der Waals surface area contributed by atoms with Gasteiger partial charge in [0.25, 0.3) is 5.91 Å². The van der Waals surface area contributed by atoms with Crippen LogP contribution in [0.5, 0.6) is 0 Å². The molecule has 5 heteroatoms. The fourth-order valence-electron chi connectivity index (χ4n) is 5.32. The largest absolute Gasteiger partial charge is 0.444 e. The second-order valence-electron chi connectivity index (χ2n) is 8.44. The van der Waals surface area contributed by atoms with Crippen LogP contribution in [0.1, 0.15) is 48.0 Å². The molecule has 5 rings (SSSR count). The lowest BCUT2D eigenvalue weighted by atomic mass is 9.66. The van der Waals surface area contributed by atoms with Gasteiger partial charge in [0.1, 0.15) is 0 Å². The van der Waals surface area contributed by atoms with Crippen molar-refractivity contribution in [3.8, 4) is 11.3 Å². The number of hydrogen-bond donors (Lipinski definition) is 1. The SMILES string of the molecule is O=C(c1ccc(-c2cnco2)cc1)N1CC[C@@](O)(c2ccccc2)[C@H]2CCCC[C@H]21. The third kappa shape index (κ3) is 3.23. The van der Waals surface area contributed by atoms with Gasteiger partial charge in [-0.3, -0.25) is 4.79 Å². The molecule has 1 aliphatic carbocycles. The van der Waals surface area contributed by atoms with Crippen LogP contribution >= 0.6 is 0 Å². The van der Waals surface area contributed by atoms with Crippen LogP contribution in [0.2, 0.25) is 0 Å². The highest BCUT2D eigenvalue weighted by Crippen LogP contribution is 2.47. The Bertz CT molecular complexity index is 1000. The number of nitrogens with zero attached hydrogens (tertiary/aromatic N) is 2. The molecule has 0 unspecified atom stereocenters. The Morgan fingerprint density at radius 3 is 2.57 bits per heavy atom. The number of benzene rings is 2. The zero-order valence-corrected chi connectivity index (χ0v) is 16.9. The Hall–Kier alpha value is -2.92. The maximum Gasteiger partial charge on any atom is 0.254 e. The molecule has 1 aromatic heterocycles. The van der Waals surface area contributed by atoms with Gasteiger partial charge in [-0.25, -0.2) is 4.98 Å². The van der Waals surface area contributed by atoms with Crippen molar-refractivity contribution in [2.75, 3.05) is 6.54 Å². The van der Waals surface area contributed by atoms with E-state index in [0.29, 0.717) is 24.3 Å². The molecule has 30 heavy (non-hydrogen) atoms. The van der Waals surface area contributed by atoms with Crippen molar-refractivity contribution in [2.24, 2.45) is 5.92 Å². The number of piperidine rings is 1. The predicted molar refractivity (Wildman–Crippen MR) is 114 cm³/mol. The lowest BCUT2D eigenvalue weighted by molar-refractivity contribution is -0.110. The molecular weight excluding hydrogens is 376 g/mol. The summed E-state index contributed by atoms with van der Waals surface area (Å²) in [4.78, 5) is 19.4. The van der Waals surface area contributed by atoms with Gasteiger partial charge in [-0.1, -0.05) is 55.3 Å². The number of carbonyl (C=O) groups is 1. The van der Waals surface area contributed by atoms with Gasteiger partial charge < -0.3 is 14.4 Å². The first kappa shape index (κ1) is 19.1. The maximum absolute atomic E-state index is 13.4. The van der Waals surface area contributed by atoms with E-state index < -0.39 is 5.60 Å². The number of rotatable bonds is 3. The molecule has 1 N–H and O–H groups in total. The fraction of sp³-hybridized carbons (Fsp3) is 0.360. The third-order valence-corrected chi connectivity index (χ3v) is 6.86. The van der Waals surface area contributed by atoms with E-state index in [1.54, 1.807) is 6.20 Å². The highest BCUT2D eigenvalue weighted by atomic mass is 16.3. The van der Waals surface area contributed by atoms with Crippen LogP contribution in [0.3, 0.4) is 0 Å². The monoisotopic (exact) mass is 402 g/mol. The van der Waals surface area contributed by atoms with Crippen molar-refractivity contribution < 1.29 is 14.3 Å². The van der Waals surface area contributed by atoms with Crippen LogP contribution < -0.4 is 0 Å². The lowest BCUT2D eigenvalue weighted by Gasteiger charge is -2.52. The third-order valence-electron chi connectivity index (χ3n) is 6.86. The molecule has 0 radical (unpaired) electrons. The minimum absolute atomic E-state index is 0.0473. The Labute approximate surface area is 176 Å².